The van der Waals surface area contributed by atoms with E-state index >= 15 is 0 Å². The van der Waals surface area contributed by atoms with Gasteiger partial charge in [-0.05, 0) is 13.8 Å². The largest absolute Gasteiger partial charge is 0.368 e. The van der Waals surface area contributed by atoms with Crippen LogP contribution in [0.1, 0.15) is 23.4 Å². The Kier molecular flexibility index (Phi) is 3.43. The maximum atomic E-state index is 10.7. The van der Waals surface area contributed by atoms with Gasteiger partial charge in [-0.15, -0.1) is 10.2 Å². The van der Waals surface area contributed by atoms with E-state index in [9.17, 15) is 15.2 Å². The minimum atomic E-state index is -1.09. The van der Waals surface area contributed by atoms with E-state index in [1.807, 2.05) is 0 Å². The zero-order valence-corrected chi connectivity index (χ0v) is 10.4. The van der Waals surface area contributed by atoms with Crippen LogP contribution in [0.2, 0.25) is 0 Å². The summed E-state index contributed by atoms with van der Waals surface area (Å²) in [5.41, 5.74) is 3.08. The van der Waals surface area contributed by atoms with Gasteiger partial charge in [0.15, 0.2) is 6.23 Å². The van der Waals surface area contributed by atoms with Crippen molar-refractivity contribution in [2.75, 3.05) is 5.43 Å². The predicted octanol–water partition coefficient (Wildman–Crippen LogP) is 1.04. The van der Waals surface area contributed by atoms with Crippen LogP contribution in [0.4, 0.5) is 5.69 Å². The Morgan fingerprint density at radius 1 is 1.37 bits per heavy atom. The fraction of sp³-hybridized carbons (Fsp3) is 0.273. The average molecular weight is 263 g/mol. The molecule has 0 saturated heterocycles. The first-order valence-corrected chi connectivity index (χ1v) is 5.56. The molecule has 1 aromatic heterocycles. The molecule has 8 heteroatoms. The van der Waals surface area contributed by atoms with Gasteiger partial charge in [-0.1, -0.05) is 12.1 Å². The molecular weight excluding hydrogens is 250 g/mol. The van der Waals surface area contributed by atoms with Gasteiger partial charge < -0.3 is 5.11 Å². The first-order valence-electron chi connectivity index (χ1n) is 5.56. The maximum absolute atomic E-state index is 10.7. The van der Waals surface area contributed by atoms with Crippen LogP contribution in [0.15, 0.2) is 24.3 Å². The third kappa shape index (κ3) is 2.68. The molecule has 0 radical (unpaired) electrons. The minimum absolute atomic E-state index is 0.0736. The summed E-state index contributed by atoms with van der Waals surface area (Å²) in [7, 11) is 0. The lowest BCUT2D eigenvalue weighted by atomic mass is 10.2. The number of benzene rings is 1. The zero-order chi connectivity index (χ0) is 14.0. The molecule has 0 aliphatic rings. The molecule has 1 aromatic carbocycles. The van der Waals surface area contributed by atoms with Crippen molar-refractivity contribution in [3.8, 4) is 0 Å². The fourth-order valence-corrected chi connectivity index (χ4v) is 1.66. The minimum Gasteiger partial charge on any atom is -0.368 e. The third-order valence-corrected chi connectivity index (χ3v) is 2.63. The Morgan fingerprint density at radius 3 is 2.58 bits per heavy atom. The lowest BCUT2D eigenvalue weighted by molar-refractivity contribution is -0.385. The van der Waals surface area contributed by atoms with E-state index in [0.717, 1.165) is 0 Å². The highest BCUT2D eigenvalue weighted by molar-refractivity contribution is 5.35. The summed E-state index contributed by atoms with van der Waals surface area (Å²) in [6, 6.07) is 5.79. The van der Waals surface area contributed by atoms with Gasteiger partial charge in [0.05, 0.1) is 4.92 Å². The smallest absolute Gasteiger partial charge is 0.269 e. The Hall–Kier alpha value is -2.48. The summed E-state index contributed by atoms with van der Waals surface area (Å²) in [5.74, 6) is 1.17. The van der Waals surface area contributed by atoms with Gasteiger partial charge in [-0.3, -0.25) is 15.5 Å². The number of aliphatic hydroxyl groups excluding tert-OH is 1. The van der Waals surface area contributed by atoms with E-state index in [1.54, 1.807) is 19.9 Å². The van der Waals surface area contributed by atoms with Crippen molar-refractivity contribution in [2.24, 2.45) is 0 Å². The van der Waals surface area contributed by atoms with Crippen LogP contribution < -0.4 is 5.43 Å². The van der Waals surface area contributed by atoms with E-state index in [-0.39, 0.29) is 5.69 Å². The highest BCUT2D eigenvalue weighted by atomic mass is 16.6. The summed E-state index contributed by atoms with van der Waals surface area (Å²) >= 11 is 0. The molecule has 100 valence electrons. The number of nitrogens with one attached hydrogen (secondary N) is 1. The number of nitro groups is 1. The molecule has 0 fully saturated rings. The van der Waals surface area contributed by atoms with Crippen molar-refractivity contribution >= 4 is 5.69 Å². The highest BCUT2D eigenvalue weighted by Gasteiger charge is 2.14. The summed E-state index contributed by atoms with van der Waals surface area (Å²) in [6.07, 6.45) is -1.09. The number of rotatable bonds is 4. The van der Waals surface area contributed by atoms with Crippen LogP contribution in [0, 0.1) is 24.0 Å². The fourth-order valence-electron chi connectivity index (χ4n) is 1.66. The standard InChI is InChI=1S/C11H13N5O3/c1-7-12-13-8(2)15(7)14-11(17)9-4-3-5-10(6-9)16(18)19/h3-6,11,14,17H,1-2H3. The van der Waals surface area contributed by atoms with E-state index < -0.39 is 11.2 Å². The summed E-state index contributed by atoms with van der Waals surface area (Å²) in [4.78, 5) is 10.2. The summed E-state index contributed by atoms with van der Waals surface area (Å²) in [5, 5.41) is 28.4. The molecule has 2 N–H and O–H groups in total. The molecule has 1 unspecified atom stereocenters. The van der Waals surface area contributed by atoms with Gasteiger partial charge in [-0.2, -0.15) is 0 Å². The Labute approximate surface area is 108 Å². The summed E-state index contributed by atoms with van der Waals surface area (Å²) in [6.45, 7) is 3.46. The SMILES string of the molecule is Cc1nnc(C)n1NC(O)c1cccc([N+](=O)[O-])c1. The second-order valence-corrected chi connectivity index (χ2v) is 4.01. The molecule has 0 aliphatic carbocycles. The molecule has 19 heavy (non-hydrogen) atoms. The second-order valence-electron chi connectivity index (χ2n) is 4.01. The Bertz CT molecular complexity index is 591. The Morgan fingerprint density at radius 2 is 2.00 bits per heavy atom. The molecule has 0 amide bonds. The number of hydrogen-bond acceptors (Lipinski definition) is 6. The van der Waals surface area contributed by atoms with Gasteiger partial charge in [0.1, 0.15) is 11.6 Å². The van der Waals surface area contributed by atoms with Crippen molar-refractivity contribution in [1.29, 1.82) is 0 Å². The molecule has 8 nitrogen and oxygen atoms in total. The summed E-state index contributed by atoms with van der Waals surface area (Å²) < 4.78 is 1.52. The topological polar surface area (TPSA) is 106 Å². The lowest BCUT2D eigenvalue weighted by Crippen LogP contribution is -2.23. The van der Waals surface area contributed by atoms with Gasteiger partial charge >= 0.3 is 0 Å². The van der Waals surface area contributed by atoms with E-state index in [2.05, 4.69) is 15.6 Å². The first kappa shape index (κ1) is 13.0. The van der Waals surface area contributed by atoms with Gasteiger partial charge in [-0.25, -0.2) is 4.68 Å². The van der Waals surface area contributed by atoms with Gasteiger partial charge in [0.25, 0.3) is 5.69 Å². The monoisotopic (exact) mass is 263 g/mol. The number of nitro benzene ring substituents is 1. The van der Waals surface area contributed by atoms with Crippen LogP contribution in [-0.4, -0.2) is 24.9 Å². The second kappa shape index (κ2) is 5.02. The molecular formula is C11H13N5O3. The third-order valence-electron chi connectivity index (χ3n) is 2.63. The van der Waals surface area contributed by atoms with Crippen molar-refractivity contribution in [1.82, 2.24) is 14.9 Å². The van der Waals surface area contributed by atoms with Gasteiger partial charge in [0.2, 0.25) is 0 Å². The van der Waals surface area contributed by atoms with Crippen LogP contribution in [0.5, 0.6) is 0 Å². The molecule has 2 aromatic rings. The molecule has 1 heterocycles. The maximum Gasteiger partial charge on any atom is 0.269 e. The first-order chi connectivity index (χ1) is 8.99. The normalized spacial score (nSPS) is 12.2. The van der Waals surface area contributed by atoms with Crippen molar-refractivity contribution < 1.29 is 10.0 Å². The van der Waals surface area contributed by atoms with Crippen molar-refractivity contribution in [2.45, 2.75) is 20.1 Å². The highest BCUT2D eigenvalue weighted by Crippen LogP contribution is 2.18. The van der Waals surface area contributed by atoms with Crippen LogP contribution in [0.25, 0.3) is 0 Å². The Balaban J connectivity index is 2.23. The van der Waals surface area contributed by atoms with E-state index in [0.29, 0.717) is 17.2 Å². The molecule has 2 rings (SSSR count). The quantitative estimate of drug-likeness (QED) is 0.485. The number of aromatic nitrogens is 3. The van der Waals surface area contributed by atoms with E-state index in [1.165, 1.54) is 22.9 Å². The molecule has 0 aliphatic heterocycles. The lowest BCUT2D eigenvalue weighted by Gasteiger charge is -2.16. The zero-order valence-electron chi connectivity index (χ0n) is 10.4. The van der Waals surface area contributed by atoms with Crippen LogP contribution in [-0.2, 0) is 0 Å². The molecule has 1 atom stereocenters. The molecule has 0 spiro atoms. The van der Waals surface area contributed by atoms with Gasteiger partial charge in [0, 0.05) is 17.7 Å². The number of non-ortho nitro benzene ring substituents is 1. The van der Waals surface area contributed by atoms with Crippen LogP contribution >= 0.6 is 0 Å². The number of aliphatic hydroxyl groups is 1. The van der Waals surface area contributed by atoms with Crippen LogP contribution in [0.3, 0.4) is 0 Å². The van der Waals surface area contributed by atoms with Crippen molar-refractivity contribution in [3.63, 3.8) is 0 Å². The molecule has 0 bridgehead atoms. The molecule has 0 saturated carbocycles. The predicted molar refractivity (Wildman–Crippen MR) is 66.9 cm³/mol. The van der Waals surface area contributed by atoms with E-state index in [4.69, 9.17) is 0 Å². The number of hydrogen-bond donors (Lipinski definition) is 2. The average Bonchev–Trinajstić information content (AvgIpc) is 2.70. The number of aryl methyl sites for hydroxylation is 2. The van der Waals surface area contributed by atoms with Crippen molar-refractivity contribution in [3.05, 3.63) is 51.6 Å². The number of nitrogens with zero attached hydrogens (tertiary/aromatic N) is 4.